The smallest absolute Gasteiger partial charge is 0.338 e. The minimum absolute atomic E-state index is 0.00541. The molecule has 0 N–H and O–H groups in total. The van der Waals surface area contributed by atoms with Crippen LogP contribution in [0.4, 0.5) is 0 Å². The van der Waals surface area contributed by atoms with Crippen molar-refractivity contribution < 1.29 is 28.6 Å². The van der Waals surface area contributed by atoms with E-state index in [1.165, 1.54) is 159 Å². The van der Waals surface area contributed by atoms with Crippen molar-refractivity contribution in [3.63, 3.8) is 0 Å². The van der Waals surface area contributed by atoms with Gasteiger partial charge in [0, 0.05) is 12.2 Å². The van der Waals surface area contributed by atoms with Gasteiger partial charge in [0.2, 0.25) is 0 Å². The second-order valence-electron chi connectivity index (χ2n) is 18.0. The lowest BCUT2D eigenvalue weighted by Crippen LogP contribution is -2.11. The van der Waals surface area contributed by atoms with Crippen LogP contribution in [0.3, 0.4) is 0 Å². The number of unbranched alkanes of at least 4 members (excludes halogenated alkanes) is 21. The van der Waals surface area contributed by atoms with Crippen molar-refractivity contribution in [2.45, 2.75) is 182 Å². The number of allylic oxidation sites excluding steroid dienone is 27. The molecule has 0 atom stereocenters. The highest BCUT2D eigenvalue weighted by atomic mass is 16.6. The van der Waals surface area contributed by atoms with E-state index < -0.39 is 17.9 Å². The van der Waals surface area contributed by atoms with Gasteiger partial charge in [0.15, 0.2) is 11.5 Å². The summed E-state index contributed by atoms with van der Waals surface area (Å²) >= 11 is 0. The highest BCUT2D eigenvalue weighted by Gasteiger charge is 2.18. The van der Waals surface area contributed by atoms with Gasteiger partial charge in [0.25, 0.3) is 0 Å². The molecule has 0 aromatic heterocycles. The van der Waals surface area contributed by atoms with Crippen LogP contribution in [0.25, 0.3) is 5.57 Å². The number of carbonyl (C=O) groups is 3. The van der Waals surface area contributed by atoms with Crippen molar-refractivity contribution in [1.29, 1.82) is 0 Å². The molecule has 402 valence electrons. The Morgan fingerprint density at radius 1 is 0.365 bits per heavy atom. The lowest BCUT2D eigenvalue weighted by Gasteiger charge is -2.12. The van der Waals surface area contributed by atoms with Gasteiger partial charge in [-0.25, -0.2) is 14.4 Å². The summed E-state index contributed by atoms with van der Waals surface area (Å²) in [5, 5.41) is 0. The van der Waals surface area contributed by atoms with Crippen LogP contribution >= 0.6 is 0 Å². The average Bonchev–Trinajstić information content (AvgIpc) is 3.39. The molecular weight excluding hydrogens is 913 g/mol. The number of ether oxygens (including phenoxy) is 3. The Labute approximate surface area is 450 Å². The number of carbonyl (C=O) groups excluding carboxylic acids is 3. The van der Waals surface area contributed by atoms with Gasteiger partial charge in [-0.05, 0) is 69.2 Å². The van der Waals surface area contributed by atoms with E-state index in [0.717, 1.165) is 19.3 Å². The zero-order valence-electron chi connectivity index (χ0n) is 46.1. The van der Waals surface area contributed by atoms with Crippen LogP contribution in [-0.2, 0) is 19.1 Å². The molecule has 1 rings (SSSR count). The fraction of sp³-hybridized carbons (Fsp3) is 0.426. The number of benzene rings is 1. The van der Waals surface area contributed by atoms with Crippen molar-refractivity contribution >= 4 is 23.5 Å². The Bertz CT molecular complexity index is 2090. The van der Waals surface area contributed by atoms with Gasteiger partial charge in [-0.15, -0.1) is 0 Å². The molecule has 0 saturated heterocycles. The minimum Gasteiger partial charge on any atom is -0.462 e. The number of esters is 3. The first-order chi connectivity index (χ1) is 36.5. The molecule has 0 unspecified atom stereocenters. The SMILES string of the molecule is CCCCCCCCCC=CC=CC=CC=CC=CC(=O)Oc1ccc(C(=CC=CC=CC=CC=CCCCCCCCCC)C(=O)OCC)cc1OC(=O)C=CC=CC=CC=CC=CCCCCCCCCC. The molecule has 0 heterocycles. The van der Waals surface area contributed by atoms with Crippen molar-refractivity contribution in [3.8, 4) is 11.5 Å². The molecular formula is C68H94O6. The first kappa shape index (κ1) is 65.7. The summed E-state index contributed by atoms with van der Waals surface area (Å²) in [4.78, 5) is 39.3. The summed E-state index contributed by atoms with van der Waals surface area (Å²) in [6.07, 6.45) is 84.7. The largest absolute Gasteiger partial charge is 0.462 e. The lowest BCUT2D eigenvalue weighted by molar-refractivity contribution is -0.136. The summed E-state index contributed by atoms with van der Waals surface area (Å²) in [7, 11) is 0. The topological polar surface area (TPSA) is 78.9 Å². The van der Waals surface area contributed by atoms with Crippen molar-refractivity contribution in [3.05, 3.63) is 200 Å². The van der Waals surface area contributed by atoms with Crippen LogP contribution < -0.4 is 9.47 Å². The second-order valence-corrected chi connectivity index (χ2v) is 18.0. The van der Waals surface area contributed by atoms with E-state index in [4.69, 9.17) is 14.2 Å². The summed E-state index contributed by atoms with van der Waals surface area (Å²) in [6, 6.07) is 4.60. The van der Waals surface area contributed by atoms with Crippen molar-refractivity contribution in [2.24, 2.45) is 0 Å². The van der Waals surface area contributed by atoms with Gasteiger partial charge in [-0.3, -0.25) is 0 Å². The third kappa shape index (κ3) is 41.2. The van der Waals surface area contributed by atoms with Gasteiger partial charge < -0.3 is 14.2 Å². The third-order valence-electron chi connectivity index (χ3n) is 11.5. The minimum atomic E-state index is -0.700. The molecule has 0 aliphatic heterocycles. The quantitative estimate of drug-likeness (QED) is 0.0213. The van der Waals surface area contributed by atoms with E-state index >= 15 is 0 Å². The zero-order valence-corrected chi connectivity index (χ0v) is 46.1. The molecule has 0 saturated carbocycles. The molecule has 1 aromatic rings. The molecule has 6 heteroatoms. The summed E-state index contributed by atoms with van der Waals surface area (Å²) in [5.74, 6) is -1.97. The van der Waals surface area contributed by atoms with E-state index in [9.17, 15) is 14.4 Å². The molecule has 74 heavy (non-hydrogen) atoms. The maximum absolute atomic E-state index is 13.2. The van der Waals surface area contributed by atoms with Crippen LogP contribution in [-0.4, -0.2) is 24.5 Å². The fourth-order valence-corrected chi connectivity index (χ4v) is 7.31. The molecule has 0 aliphatic rings. The molecule has 0 spiro atoms. The Morgan fingerprint density at radius 2 is 0.689 bits per heavy atom. The van der Waals surface area contributed by atoms with Crippen LogP contribution in [0, 0.1) is 0 Å². The van der Waals surface area contributed by atoms with E-state index in [2.05, 4.69) is 57.2 Å². The number of hydrogen-bond donors (Lipinski definition) is 0. The summed E-state index contributed by atoms with van der Waals surface area (Å²) in [6.45, 7) is 8.64. The monoisotopic (exact) mass is 1010 g/mol. The van der Waals surface area contributed by atoms with Gasteiger partial charge in [-0.1, -0.05) is 300 Å². The first-order valence-corrected chi connectivity index (χ1v) is 28.2. The number of hydrogen-bond acceptors (Lipinski definition) is 6. The zero-order chi connectivity index (χ0) is 53.5. The molecule has 1 aromatic carbocycles. The van der Waals surface area contributed by atoms with E-state index in [0.29, 0.717) is 5.56 Å². The van der Waals surface area contributed by atoms with Crippen LogP contribution in [0.15, 0.2) is 194 Å². The predicted octanol–water partition coefficient (Wildman–Crippen LogP) is 19.7. The molecule has 0 fully saturated rings. The van der Waals surface area contributed by atoms with Gasteiger partial charge in [0.05, 0.1) is 12.2 Å². The molecule has 0 amide bonds. The molecule has 0 aliphatic carbocycles. The maximum atomic E-state index is 13.2. The number of rotatable bonds is 43. The van der Waals surface area contributed by atoms with Crippen LogP contribution in [0.2, 0.25) is 0 Å². The van der Waals surface area contributed by atoms with E-state index in [-0.39, 0.29) is 23.7 Å². The molecule has 6 nitrogen and oxygen atoms in total. The Morgan fingerprint density at radius 3 is 1.07 bits per heavy atom. The fourth-order valence-electron chi connectivity index (χ4n) is 7.31. The molecule has 0 bridgehead atoms. The van der Waals surface area contributed by atoms with Gasteiger partial charge in [0.1, 0.15) is 0 Å². The van der Waals surface area contributed by atoms with E-state index in [1.807, 2.05) is 85.1 Å². The lowest BCUT2D eigenvalue weighted by atomic mass is 10.0. The summed E-state index contributed by atoms with van der Waals surface area (Å²) < 4.78 is 16.8. The standard InChI is InChI=1S/C68H94O6/c1-5-9-12-15-18-21-24-27-30-33-36-39-42-45-48-51-54-57-66(69)73-64-60-59-62(63(68(71)72-8-4)56-53-50-47-44-41-38-35-32-29-26-23-20-17-14-11-7-3)61-65(64)74-67(70)58-55-52-49-46-43-40-37-34-31-28-25-22-19-16-13-10-6-2/h30-61H,5-29H2,1-4H3. The van der Waals surface area contributed by atoms with Crippen molar-refractivity contribution in [2.75, 3.05) is 6.61 Å². The van der Waals surface area contributed by atoms with E-state index in [1.54, 1.807) is 55.5 Å². The van der Waals surface area contributed by atoms with Crippen LogP contribution in [0.1, 0.15) is 187 Å². The maximum Gasteiger partial charge on any atom is 0.338 e. The normalized spacial score (nSPS) is 13.2. The van der Waals surface area contributed by atoms with Crippen molar-refractivity contribution in [1.82, 2.24) is 0 Å². The third-order valence-corrected chi connectivity index (χ3v) is 11.5. The second kappa shape index (κ2) is 51.6. The first-order valence-electron chi connectivity index (χ1n) is 28.2. The Hall–Kier alpha value is -6.27. The van der Waals surface area contributed by atoms with Gasteiger partial charge >= 0.3 is 17.9 Å². The van der Waals surface area contributed by atoms with Gasteiger partial charge in [-0.2, -0.15) is 0 Å². The predicted molar refractivity (Wildman–Crippen MR) is 318 cm³/mol. The highest BCUT2D eigenvalue weighted by molar-refractivity contribution is 6.17. The van der Waals surface area contributed by atoms with Crippen LogP contribution in [0.5, 0.6) is 11.5 Å². The molecule has 0 radical (unpaired) electrons. The highest BCUT2D eigenvalue weighted by Crippen LogP contribution is 2.32. The Balaban J connectivity index is 3.05. The Kier molecular flexibility index (Phi) is 45.9. The average molecular weight is 1010 g/mol. The summed E-state index contributed by atoms with van der Waals surface area (Å²) in [5.41, 5.74) is 0.634.